The first-order valence-electron chi connectivity index (χ1n) is 9.82. The summed E-state index contributed by atoms with van der Waals surface area (Å²) in [6.07, 6.45) is 0. The van der Waals surface area contributed by atoms with Crippen LogP contribution in [0, 0.1) is 6.92 Å². The molecule has 0 amide bonds. The van der Waals surface area contributed by atoms with Gasteiger partial charge in [0.25, 0.3) is 0 Å². The Morgan fingerprint density at radius 3 is 2.68 bits per heavy atom. The molecule has 0 saturated heterocycles. The summed E-state index contributed by atoms with van der Waals surface area (Å²) in [6, 6.07) is 10.9. The first-order valence-corrected chi connectivity index (χ1v) is 11.3. The average molecular weight is 448 g/mol. The van der Waals surface area contributed by atoms with Crippen LogP contribution in [0.4, 0.5) is 0 Å². The third-order valence-corrected chi connectivity index (χ3v) is 6.34. The van der Waals surface area contributed by atoms with E-state index in [-0.39, 0.29) is 10.7 Å². The van der Waals surface area contributed by atoms with Gasteiger partial charge in [-0.3, -0.25) is 0 Å². The predicted molar refractivity (Wildman–Crippen MR) is 115 cm³/mol. The largest absolute Gasteiger partial charge is 0.491 e. The second-order valence-electron chi connectivity index (χ2n) is 6.98. The van der Waals surface area contributed by atoms with Crippen LogP contribution in [0.1, 0.15) is 41.6 Å². The topological polar surface area (TPSA) is 115 Å². The van der Waals surface area contributed by atoms with E-state index in [1.165, 1.54) is 18.2 Å². The van der Waals surface area contributed by atoms with Crippen molar-refractivity contribution in [2.24, 2.45) is 0 Å². The molecule has 1 heterocycles. The van der Waals surface area contributed by atoms with Gasteiger partial charge in [0.15, 0.2) is 0 Å². The van der Waals surface area contributed by atoms with E-state index in [0.29, 0.717) is 42.1 Å². The second-order valence-corrected chi connectivity index (χ2v) is 8.69. The number of sulfonamides is 1. The fraction of sp³-hybridized carbons (Fsp3) is 0.318. The van der Waals surface area contributed by atoms with Crippen molar-refractivity contribution in [2.45, 2.75) is 31.7 Å². The molecule has 31 heavy (non-hydrogen) atoms. The van der Waals surface area contributed by atoms with Crippen molar-refractivity contribution >= 4 is 27.0 Å². The SMILES string of the molecule is CCOCCOc1cccc(C(C)NS(=O)(=O)c2ccc3oc(C(=O)O)c(C)c3c2)c1. The summed E-state index contributed by atoms with van der Waals surface area (Å²) in [6.45, 7) is 6.72. The quantitative estimate of drug-likeness (QED) is 0.453. The van der Waals surface area contributed by atoms with Gasteiger partial charge in [-0.1, -0.05) is 12.1 Å². The number of aromatic carboxylic acids is 1. The third-order valence-electron chi connectivity index (χ3n) is 4.80. The Hall–Kier alpha value is -2.88. The summed E-state index contributed by atoms with van der Waals surface area (Å²) in [5, 5.41) is 9.64. The van der Waals surface area contributed by atoms with Crippen LogP contribution in [0.25, 0.3) is 11.0 Å². The monoisotopic (exact) mass is 447 g/mol. The third kappa shape index (κ3) is 5.25. The van der Waals surface area contributed by atoms with E-state index in [2.05, 4.69) is 4.72 Å². The fourth-order valence-corrected chi connectivity index (χ4v) is 4.43. The number of furan rings is 1. The molecular formula is C22H25NO7S. The maximum Gasteiger partial charge on any atom is 0.372 e. The molecule has 1 atom stereocenters. The van der Waals surface area contributed by atoms with Crippen LogP contribution in [0.15, 0.2) is 51.8 Å². The van der Waals surface area contributed by atoms with Gasteiger partial charge >= 0.3 is 5.97 Å². The minimum absolute atomic E-state index is 0.0248. The first kappa shape index (κ1) is 22.8. The maximum atomic E-state index is 12.9. The van der Waals surface area contributed by atoms with Crippen LogP contribution in [0.3, 0.4) is 0 Å². The van der Waals surface area contributed by atoms with Gasteiger partial charge < -0.3 is 19.0 Å². The fourth-order valence-electron chi connectivity index (χ4n) is 3.18. The molecular weight excluding hydrogens is 422 g/mol. The zero-order valence-corrected chi connectivity index (χ0v) is 18.4. The zero-order valence-electron chi connectivity index (χ0n) is 17.5. The van der Waals surface area contributed by atoms with Gasteiger partial charge in [0.1, 0.15) is 17.9 Å². The van der Waals surface area contributed by atoms with E-state index in [1.807, 2.05) is 13.0 Å². The highest BCUT2D eigenvalue weighted by atomic mass is 32.2. The Kier molecular flexibility index (Phi) is 6.99. The first-order chi connectivity index (χ1) is 14.7. The summed E-state index contributed by atoms with van der Waals surface area (Å²) in [7, 11) is -3.86. The molecule has 0 aliphatic rings. The van der Waals surface area contributed by atoms with Crippen LogP contribution in [-0.4, -0.2) is 39.3 Å². The predicted octanol–water partition coefficient (Wildman–Crippen LogP) is 3.89. The van der Waals surface area contributed by atoms with Crippen molar-refractivity contribution in [2.75, 3.05) is 19.8 Å². The van der Waals surface area contributed by atoms with Crippen molar-refractivity contribution in [1.29, 1.82) is 0 Å². The van der Waals surface area contributed by atoms with Crippen LogP contribution >= 0.6 is 0 Å². The minimum atomic E-state index is -3.86. The van der Waals surface area contributed by atoms with Crippen LogP contribution in [0.5, 0.6) is 5.75 Å². The molecule has 0 bridgehead atoms. The molecule has 2 N–H and O–H groups in total. The average Bonchev–Trinajstić information content (AvgIpc) is 3.07. The standard InChI is InChI=1S/C22H25NO7S/c1-4-28-10-11-29-17-7-5-6-16(12-17)15(3)23-31(26,27)18-8-9-20-19(13-18)14(2)21(30-20)22(24)25/h5-9,12-13,15,23H,4,10-11H2,1-3H3,(H,24,25). The van der Waals surface area contributed by atoms with Crippen LogP contribution < -0.4 is 9.46 Å². The van der Waals surface area contributed by atoms with Gasteiger partial charge in [-0.2, -0.15) is 0 Å². The smallest absolute Gasteiger partial charge is 0.372 e. The lowest BCUT2D eigenvalue weighted by Crippen LogP contribution is -2.26. The number of hydrogen-bond donors (Lipinski definition) is 2. The van der Waals surface area contributed by atoms with Gasteiger partial charge in [0, 0.05) is 23.6 Å². The molecule has 1 aromatic heterocycles. The lowest BCUT2D eigenvalue weighted by molar-refractivity contribution is 0.0664. The molecule has 9 heteroatoms. The summed E-state index contributed by atoms with van der Waals surface area (Å²) in [5.74, 6) is -0.778. The van der Waals surface area contributed by atoms with E-state index in [0.717, 1.165) is 5.56 Å². The number of carboxylic acids is 1. The van der Waals surface area contributed by atoms with E-state index >= 15 is 0 Å². The highest BCUT2D eigenvalue weighted by molar-refractivity contribution is 7.89. The summed E-state index contributed by atoms with van der Waals surface area (Å²) in [4.78, 5) is 11.3. The maximum absolute atomic E-state index is 12.9. The molecule has 0 aliphatic carbocycles. The molecule has 166 valence electrons. The molecule has 1 unspecified atom stereocenters. The highest BCUT2D eigenvalue weighted by Crippen LogP contribution is 2.28. The van der Waals surface area contributed by atoms with Crippen molar-refractivity contribution in [3.63, 3.8) is 0 Å². The lowest BCUT2D eigenvalue weighted by atomic mass is 10.1. The number of hydrogen-bond acceptors (Lipinski definition) is 6. The van der Waals surface area contributed by atoms with Gasteiger partial charge in [-0.15, -0.1) is 0 Å². The van der Waals surface area contributed by atoms with Crippen LogP contribution in [-0.2, 0) is 14.8 Å². The Bertz CT molecular complexity index is 1180. The Morgan fingerprint density at radius 1 is 1.19 bits per heavy atom. The Labute approximate surface area is 180 Å². The molecule has 0 radical (unpaired) electrons. The van der Waals surface area contributed by atoms with Crippen molar-refractivity contribution in [3.8, 4) is 5.75 Å². The number of fused-ring (bicyclic) bond motifs is 1. The molecule has 0 aliphatic heterocycles. The van der Waals surface area contributed by atoms with E-state index in [1.54, 1.807) is 32.0 Å². The highest BCUT2D eigenvalue weighted by Gasteiger charge is 2.22. The summed E-state index contributed by atoms with van der Waals surface area (Å²) in [5.41, 5.74) is 1.44. The molecule has 3 aromatic rings. The van der Waals surface area contributed by atoms with Crippen LogP contribution in [0.2, 0.25) is 0 Å². The van der Waals surface area contributed by atoms with Gasteiger partial charge in [0.05, 0.1) is 11.5 Å². The van der Waals surface area contributed by atoms with Crippen molar-refractivity contribution in [1.82, 2.24) is 4.72 Å². The van der Waals surface area contributed by atoms with E-state index < -0.39 is 22.0 Å². The molecule has 0 saturated carbocycles. The minimum Gasteiger partial charge on any atom is -0.491 e. The Balaban J connectivity index is 1.78. The number of carbonyl (C=O) groups is 1. The molecule has 2 aromatic carbocycles. The van der Waals surface area contributed by atoms with Gasteiger partial charge in [-0.05, 0) is 56.7 Å². The Morgan fingerprint density at radius 2 is 1.97 bits per heavy atom. The van der Waals surface area contributed by atoms with E-state index in [4.69, 9.17) is 13.9 Å². The van der Waals surface area contributed by atoms with Gasteiger partial charge in [-0.25, -0.2) is 17.9 Å². The number of aryl methyl sites for hydroxylation is 1. The number of ether oxygens (including phenoxy) is 2. The molecule has 0 spiro atoms. The van der Waals surface area contributed by atoms with Crippen molar-refractivity contribution < 1.29 is 32.2 Å². The second kappa shape index (κ2) is 9.51. The van der Waals surface area contributed by atoms with E-state index in [9.17, 15) is 18.3 Å². The lowest BCUT2D eigenvalue weighted by Gasteiger charge is -2.16. The summed E-state index contributed by atoms with van der Waals surface area (Å²) < 4.78 is 44.7. The number of benzene rings is 2. The van der Waals surface area contributed by atoms with Gasteiger partial charge in [0.2, 0.25) is 15.8 Å². The molecule has 3 rings (SSSR count). The normalized spacial score (nSPS) is 12.7. The number of rotatable bonds is 10. The molecule has 8 nitrogen and oxygen atoms in total. The number of carboxylic acid groups (broad SMARTS) is 1. The zero-order chi connectivity index (χ0) is 22.6. The van der Waals surface area contributed by atoms with Crippen molar-refractivity contribution in [3.05, 3.63) is 59.4 Å². The number of nitrogens with one attached hydrogen (secondary N) is 1. The summed E-state index contributed by atoms with van der Waals surface area (Å²) >= 11 is 0. The molecule has 0 fully saturated rings.